The molecule has 4 aromatic rings. The maximum atomic E-state index is 13.9. The van der Waals surface area contributed by atoms with Gasteiger partial charge in [0.1, 0.15) is 0 Å². The maximum absolute atomic E-state index is 13.9. The number of pyridine rings is 1. The van der Waals surface area contributed by atoms with Crippen molar-refractivity contribution in [3.63, 3.8) is 0 Å². The predicted octanol–water partition coefficient (Wildman–Crippen LogP) is 4.86. The molecule has 0 N–H and O–H groups in total. The van der Waals surface area contributed by atoms with Crippen molar-refractivity contribution in [1.82, 2.24) is 8.96 Å². The van der Waals surface area contributed by atoms with E-state index < -0.39 is 16.3 Å². The molecule has 2 unspecified atom stereocenters. The Bertz CT molecular complexity index is 1360. The van der Waals surface area contributed by atoms with Crippen LogP contribution in [0.15, 0.2) is 77.8 Å². The van der Waals surface area contributed by atoms with Gasteiger partial charge in [-0.1, -0.05) is 48.0 Å². The molecule has 0 amide bonds. The van der Waals surface area contributed by atoms with Crippen LogP contribution in [0.4, 0.5) is 0 Å². The number of ether oxygens (including phenoxy) is 2. The summed E-state index contributed by atoms with van der Waals surface area (Å²) in [6.45, 7) is 4.45. The molecule has 32 heavy (non-hydrogen) atoms. The van der Waals surface area contributed by atoms with E-state index in [0.717, 1.165) is 11.1 Å². The molecule has 0 bridgehead atoms. The van der Waals surface area contributed by atoms with E-state index in [1.165, 1.54) is 3.97 Å². The van der Waals surface area contributed by atoms with Gasteiger partial charge in [0, 0.05) is 25.1 Å². The number of hydrogen-bond acceptors (Lipinski definition) is 5. The average Bonchev–Trinajstić information content (AvgIpc) is 3.15. The molecule has 0 saturated heterocycles. The van der Waals surface area contributed by atoms with E-state index in [-0.39, 0.29) is 10.8 Å². The van der Waals surface area contributed by atoms with Crippen LogP contribution in [-0.2, 0) is 14.8 Å². The number of nitrogens with zero attached hydrogens (tertiary/aromatic N) is 2. The van der Waals surface area contributed by atoms with Crippen LogP contribution in [0.25, 0.3) is 11.0 Å². The van der Waals surface area contributed by atoms with Crippen molar-refractivity contribution in [1.29, 1.82) is 0 Å². The molecule has 0 aliphatic carbocycles. The van der Waals surface area contributed by atoms with Crippen molar-refractivity contribution in [2.24, 2.45) is 0 Å². The average molecular weight is 449 g/mol. The van der Waals surface area contributed by atoms with Crippen LogP contribution in [0.1, 0.15) is 36.1 Å². The molecular formula is C25H24N2O4S. The zero-order valence-electron chi connectivity index (χ0n) is 17.9. The topological polar surface area (TPSA) is 70.4 Å². The number of benzene rings is 2. The SMILES string of the molecule is CCOC1CC(c2ccc(C)cc2)c2c(c3cccnc3n2S(=O)(=O)c2ccccc2)O1. The smallest absolute Gasteiger partial charge is 0.269 e. The lowest BCUT2D eigenvalue weighted by Gasteiger charge is -2.31. The summed E-state index contributed by atoms with van der Waals surface area (Å²) in [5, 5.41) is 0.656. The summed E-state index contributed by atoms with van der Waals surface area (Å²) < 4.78 is 41.1. The minimum Gasteiger partial charge on any atom is -0.462 e. The van der Waals surface area contributed by atoms with Gasteiger partial charge in [0.25, 0.3) is 10.0 Å². The highest BCUT2D eigenvalue weighted by Gasteiger charge is 2.39. The van der Waals surface area contributed by atoms with Crippen LogP contribution < -0.4 is 4.74 Å². The van der Waals surface area contributed by atoms with Gasteiger partial charge in [0.15, 0.2) is 11.4 Å². The second kappa shape index (κ2) is 8.07. The summed E-state index contributed by atoms with van der Waals surface area (Å²) >= 11 is 0. The van der Waals surface area contributed by atoms with Gasteiger partial charge in [0.05, 0.1) is 16.0 Å². The van der Waals surface area contributed by atoms with Gasteiger partial charge in [-0.05, 0) is 43.7 Å². The third-order valence-corrected chi connectivity index (χ3v) is 7.51. The molecule has 3 heterocycles. The molecule has 164 valence electrons. The molecule has 7 heteroatoms. The number of fused-ring (bicyclic) bond motifs is 3. The Kier molecular flexibility index (Phi) is 5.23. The fraction of sp³-hybridized carbons (Fsp3) is 0.240. The molecular weight excluding hydrogens is 424 g/mol. The minimum atomic E-state index is -3.91. The van der Waals surface area contributed by atoms with Crippen LogP contribution in [0.3, 0.4) is 0 Å². The second-order valence-electron chi connectivity index (χ2n) is 7.87. The fourth-order valence-corrected chi connectivity index (χ4v) is 5.86. The molecule has 6 nitrogen and oxygen atoms in total. The molecule has 0 fully saturated rings. The molecule has 2 aromatic heterocycles. The first-order valence-electron chi connectivity index (χ1n) is 10.7. The number of aromatic nitrogens is 2. The van der Waals surface area contributed by atoms with E-state index in [4.69, 9.17) is 9.47 Å². The van der Waals surface area contributed by atoms with Crippen LogP contribution in [0.5, 0.6) is 5.75 Å². The Labute approximate surface area is 187 Å². The van der Waals surface area contributed by atoms with E-state index in [0.29, 0.717) is 35.5 Å². The van der Waals surface area contributed by atoms with Crippen LogP contribution >= 0.6 is 0 Å². The Morgan fingerprint density at radius 1 is 1.06 bits per heavy atom. The van der Waals surface area contributed by atoms with Gasteiger partial charge >= 0.3 is 0 Å². The van der Waals surface area contributed by atoms with Crippen LogP contribution in [-0.4, -0.2) is 30.3 Å². The molecule has 2 atom stereocenters. The van der Waals surface area contributed by atoms with Crippen molar-refractivity contribution < 1.29 is 17.9 Å². The third-order valence-electron chi connectivity index (χ3n) is 5.80. The monoisotopic (exact) mass is 448 g/mol. The molecule has 0 saturated carbocycles. The minimum absolute atomic E-state index is 0.208. The maximum Gasteiger partial charge on any atom is 0.269 e. The highest BCUT2D eigenvalue weighted by molar-refractivity contribution is 7.90. The molecule has 1 aliphatic rings. The quantitative estimate of drug-likeness (QED) is 0.436. The van der Waals surface area contributed by atoms with Crippen molar-refractivity contribution in [2.45, 2.75) is 37.4 Å². The van der Waals surface area contributed by atoms with Crippen LogP contribution in [0.2, 0.25) is 0 Å². The zero-order valence-corrected chi connectivity index (χ0v) is 18.7. The standard InChI is InChI=1S/C25H24N2O4S/c1-3-30-22-16-21(18-13-11-17(2)12-14-18)23-24(31-22)20-10-7-15-26-25(20)27(23)32(28,29)19-8-5-4-6-9-19/h4-15,21-22H,3,16H2,1-2H3. The molecule has 5 rings (SSSR count). The Morgan fingerprint density at radius 3 is 2.53 bits per heavy atom. The molecule has 0 radical (unpaired) electrons. The normalized spacial score (nSPS) is 18.3. The van der Waals surface area contributed by atoms with E-state index in [1.54, 1.807) is 42.6 Å². The molecule has 2 aromatic carbocycles. The predicted molar refractivity (Wildman–Crippen MR) is 122 cm³/mol. The Morgan fingerprint density at radius 2 is 1.81 bits per heavy atom. The molecule has 0 spiro atoms. The van der Waals surface area contributed by atoms with E-state index in [1.807, 2.05) is 44.2 Å². The second-order valence-corrected chi connectivity index (χ2v) is 9.66. The summed E-state index contributed by atoms with van der Waals surface area (Å²) in [4.78, 5) is 4.66. The molecule has 1 aliphatic heterocycles. The van der Waals surface area contributed by atoms with Crippen molar-refractivity contribution in [2.75, 3.05) is 6.61 Å². The first-order chi connectivity index (χ1) is 15.5. The van der Waals surface area contributed by atoms with Crippen molar-refractivity contribution in [3.8, 4) is 5.75 Å². The highest BCUT2D eigenvalue weighted by Crippen LogP contribution is 2.47. The lowest BCUT2D eigenvalue weighted by atomic mass is 9.89. The van der Waals surface area contributed by atoms with Crippen LogP contribution in [0, 0.1) is 6.92 Å². The van der Waals surface area contributed by atoms with Gasteiger partial charge in [-0.25, -0.2) is 17.4 Å². The Balaban J connectivity index is 1.82. The fourth-order valence-electron chi connectivity index (χ4n) is 4.31. The van der Waals surface area contributed by atoms with E-state index >= 15 is 0 Å². The van der Waals surface area contributed by atoms with Gasteiger partial charge in [-0.2, -0.15) is 0 Å². The van der Waals surface area contributed by atoms with Gasteiger partial charge < -0.3 is 9.47 Å². The Hall–Kier alpha value is -3.16. The summed E-state index contributed by atoms with van der Waals surface area (Å²) in [7, 11) is -3.91. The number of aryl methyl sites for hydroxylation is 1. The first kappa shape index (κ1) is 20.7. The summed E-state index contributed by atoms with van der Waals surface area (Å²) in [5.41, 5.74) is 3.09. The summed E-state index contributed by atoms with van der Waals surface area (Å²) in [6, 6.07) is 20.2. The van der Waals surface area contributed by atoms with Crippen molar-refractivity contribution >= 4 is 21.1 Å². The third kappa shape index (κ3) is 3.38. The first-order valence-corrected chi connectivity index (χ1v) is 12.1. The summed E-state index contributed by atoms with van der Waals surface area (Å²) in [5.74, 6) is 0.284. The lowest BCUT2D eigenvalue weighted by Crippen LogP contribution is -2.31. The van der Waals surface area contributed by atoms with Gasteiger partial charge in [-0.15, -0.1) is 0 Å². The van der Waals surface area contributed by atoms with E-state index in [2.05, 4.69) is 4.98 Å². The lowest BCUT2D eigenvalue weighted by molar-refractivity contribution is -0.0889. The summed E-state index contributed by atoms with van der Waals surface area (Å²) in [6.07, 6.45) is 1.63. The van der Waals surface area contributed by atoms with Crippen molar-refractivity contribution in [3.05, 3.63) is 89.7 Å². The highest BCUT2D eigenvalue weighted by atomic mass is 32.2. The van der Waals surface area contributed by atoms with Gasteiger partial charge in [0.2, 0.25) is 6.29 Å². The van der Waals surface area contributed by atoms with E-state index in [9.17, 15) is 8.42 Å². The number of rotatable bonds is 5. The number of hydrogen-bond donors (Lipinski definition) is 0. The largest absolute Gasteiger partial charge is 0.462 e. The van der Waals surface area contributed by atoms with Gasteiger partial charge in [-0.3, -0.25) is 0 Å². The zero-order chi connectivity index (χ0) is 22.3.